The molecule has 0 amide bonds. The summed E-state index contributed by atoms with van der Waals surface area (Å²) in [5.41, 5.74) is 6.57. The van der Waals surface area contributed by atoms with Gasteiger partial charge in [0, 0.05) is 11.9 Å². The van der Waals surface area contributed by atoms with Crippen LogP contribution in [0.25, 0.3) is 0 Å². The van der Waals surface area contributed by atoms with Crippen LogP contribution >= 0.6 is 11.8 Å². The van der Waals surface area contributed by atoms with Crippen molar-refractivity contribution in [3.63, 3.8) is 0 Å². The molecule has 2 N–H and O–H groups in total. The second-order valence-electron chi connectivity index (χ2n) is 4.27. The van der Waals surface area contributed by atoms with Crippen molar-refractivity contribution in [3.8, 4) is 5.88 Å². The van der Waals surface area contributed by atoms with E-state index in [-0.39, 0.29) is 6.10 Å². The number of nitrogen functional groups attached to an aromatic ring is 1. The van der Waals surface area contributed by atoms with Gasteiger partial charge in [0.25, 0.3) is 0 Å². The number of anilines is 1. The number of nitrogens with two attached hydrogens (primary N) is 1. The third-order valence-corrected chi connectivity index (χ3v) is 4.29. The molecule has 1 aromatic rings. The van der Waals surface area contributed by atoms with Crippen molar-refractivity contribution in [2.24, 2.45) is 0 Å². The third-order valence-electron chi connectivity index (χ3n) is 2.82. The minimum atomic E-state index is 0.240. The molecule has 6 heteroatoms. The Morgan fingerprint density at radius 3 is 3.06 bits per heavy atom. The quantitative estimate of drug-likeness (QED) is 0.826. The summed E-state index contributed by atoms with van der Waals surface area (Å²) in [6.45, 7) is 5.55. The molecule has 5 nitrogen and oxygen atoms in total. The molecule has 1 aromatic heterocycles. The fourth-order valence-electron chi connectivity index (χ4n) is 1.78. The molecule has 0 aliphatic carbocycles. The SMILES string of the molecule is CCCOc1ncnc(SC2CCOC2C)c1N. The number of thioether (sulfide) groups is 1. The maximum absolute atomic E-state index is 6.04. The first-order chi connectivity index (χ1) is 8.72. The lowest BCUT2D eigenvalue weighted by Gasteiger charge is -2.15. The Morgan fingerprint density at radius 1 is 1.56 bits per heavy atom. The molecule has 2 unspecified atom stereocenters. The van der Waals surface area contributed by atoms with Crippen molar-refractivity contribution in [2.75, 3.05) is 18.9 Å². The Hall–Kier alpha value is -1.01. The predicted molar refractivity (Wildman–Crippen MR) is 71.9 cm³/mol. The lowest BCUT2D eigenvalue weighted by Crippen LogP contribution is -2.14. The highest BCUT2D eigenvalue weighted by atomic mass is 32.2. The van der Waals surface area contributed by atoms with E-state index < -0.39 is 0 Å². The van der Waals surface area contributed by atoms with Crippen LogP contribution in [0.5, 0.6) is 5.88 Å². The van der Waals surface area contributed by atoms with E-state index >= 15 is 0 Å². The lowest BCUT2D eigenvalue weighted by atomic mass is 10.3. The van der Waals surface area contributed by atoms with Crippen LogP contribution in [0.4, 0.5) is 5.69 Å². The van der Waals surface area contributed by atoms with E-state index in [4.69, 9.17) is 15.2 Å². The lowest BCUT2D eigenvalue weighted by molar-refractivity contribution is 0.127. The summed E-state index contributed by atoms with van der Waals surface area (Å²) in [6.07, 6.45) is 3.70. The zero-order chi connectivity index (χ0) is 13.0. The van der Waals surface area contributed by atoms with Crippen molar-refractivity contribution >= 4 is 17.4 Å². The summed E-state index contributed by atoms with van der Waals surface area (Å²) in [5, 5.41) is 1.19. The van der Waals surface area contributed by atoms with Gasteiger partial charge in [0.2, 0.25) is 5.88 Å². The summed E-state index contributed by atoms with van der Waals surface area (Å²) in [7, 11) is 0. The Bertz CT molecular complexity index is 403. The van der Waals surface area contributed by atoms with Crippen LogP contribution in [0, 0.1) is 0 Å². The molecule has 1 aliphatic rings. The highest BCUT2D eigenvalue weighted by molar-refractivity contribution is 8.00. The maximum atomic E-state index is 6.04. The first-order valence-electron chi connectivity index (χ1n) is 6.24. The smallest absolute Gasteiger partial charge is 0.241 e. The molecule has 0 spiro atoms. The molecule has 2 rings (SSSR count). The molecule has 0 bridgehead atoms. The Labute approximate surface area is 111 Å². The monoisotopic (exact) mass is 269 g/mol. The molecule has 2 atom stereocenters. The van der Waals surface area contributed by atoms with Gasteiger partial charge in [0.05, 0.1) is 12.7 Å². The number of nitrogens with zero attached hydrogens (tertiary/aromatic N) is 2. The van der Waals surface area contributed by atoms with Gasteiger partial charge in [-0.1, -0.05) is 18.7 Å². The molecule has 18 heavy (non-hydrogen) atoms. The van der Waals surface area contributed by atoms with Gasteiger partial charge >= 0.3 is 0 Å². The van der Waals surface area contributed by atoms with Crippen molar-refractivity contribution in [2.45, 2.75) is 43.1 Å². The van der Waals surface area contributed by atoms with E-state index in [9.17, 15) is 0 Å². The molecule has 0 radical (unpaired) electrons. The zero-order valence-corrected chi connectivity index (χ0v) is 11.6. The van der Waals surface area contributed by atoms with Crippen molar-refractivity contribution in [1.29, 1.82) is 0 Å². The Kier molecular flexibility index (Phi) is 4.66. The molecular formula is C12H19N3O2S. The number of rotatable bonds is 5. The fourth-order valence-corrected chi connectivity index (χ4v) is 2.88. The van der Waals surface area contributed by atoms with E-state index in [1.165, 1.54) is 6.33 Å². The number of hydrogen-bond acceptors (Lipinski definition) is 6. The standard InChI is InChI=1S/C12H19N3O2S/c1-3-5-17-11-10(13)12(15-7-14-11)18-9-4-6-16-8(9)2/h7-9H,3-6,13H2,1-2H3. The van der Waals surface area contributed by atoms with Gasteiger partial charge in [0.15, 0.2) is 0 Å². The van der Waals surface area contributed by atoms with Crippen molar-refractivity contribution < 1.29 is 9.47 Å². The highest BCUT2D eigenvalue weighted by Gasteiger charge is 2.27. The van der Waals surface area contributed by atoms with E-state index in [2.05, 4.69) is 16.9 Å². The van der Waals surface area contributed by atoms with E-state index in [0.717, 1.165) is 24.5 Å². The van der Waals surface area contributed by atoms with Gasteiger partial charge in [0.1, 0.15) is 17.0 Å². The van der Waals surface area contributed by atoms with Gasteiger partial charge in [-0.05, 0) is 19.8 Å². The minimum Gasteiger partial charge on any atom is -0.476 e. The average molecular weight is 269 g/mol. The Balaban J connectivity index is 2.07. The van der Waals surface area contributed by atoms with Gasteiger partial charge in [-0.3, -0.25) is 0 Å². The molecule has 2 heterocycles. The highest BCUT2D eigenvalue weighted by Crippen LogP contribution is 2.36. The summed E-state index contributed by atoms with van der Waals surface area (Å²) >= 11 is 1.65. The summed E-state index contributed by atoms with van der Waals surface area (Å²) < 4.78 is 11.0. The second-order valence-corrected chi connectivity index (χ2v) is 5.49. The second kappa shape index (κ2) is 6.24. The van der Waals surface area contributed by atoms with Crippen LogP contribution in [0.3, 0.4) is 0 Å². The van der Waals surface area contributed by atoms with Crippen LogP contribution < -0.4 is 10.5 Å². The Morgan fingerprint density at radius 2 is 2.39 bits per heavy atom. The van der Waals surface area contributed by atoms with E-state index in [0.29, 0.717) is 23.4 Å². The predicted octanol–water partition coefficient (Wildman–Crippen LogP) is 2.12. The summed E-state index contributed by atoms with van der Waals surface area (Å²) in [4.78, 5) is 8.30. The van der Waals surface area contributed by atoms with E-state index in [1.54, 1.807) is 11.8 Å². The van der Waals surface area contributed by atoms with Crippen LogP contribution in [0.1, 0.15) is 26.7 Å². The number of ether oxygens (including phenoxy) is 2. The molecule has 1 aliphatic heterocycles. The summed E-state index contributed by atoms with van der Waals surface area (Å²) in [6, 6.07) is 0. The van der Waals surface area contributed by atoms with Crippen LogP contribution in [0.2, 0.25) is 0 Å². The van der Waals surface area contributed by atoms with Crippen LogP contribution in [-0.2, 0) is 4.74 Å². The van der Waals surface area contributed by atoms with Gasteiger partial charge in [-0.25, -0.2) is 4.98 Å². The number of aromatic nitrogens is 2. The molecule has 1 fully saturated rings. The topological polar surface area (TPSA) is 70.3 Å². The molecule has 1 saturated heterocycles. The van der Waals surface area contributed by atoms with Crippen molar-refractivity contribution in [1.82, 2.24) is 9.97 Å². The first kappa shape index (κ1) is 13.4. The first-order valence-corrected chi connectivity index (χ1v) is 7.11. The largest absolute Gasteiger partial charge is 0.476 e. The molecular weight excluding hydrogens is 250 g/mol. The summed E-state index contributed by atoms with van der Waals surface area (Å²) in [5.74, 6) is 0.487. The van der Waals surface area contributed by atoms with Gasteiger partial charge in [-0.15, -0.1) is 0 Å². The van der Waals surface area contributed by atoms with E-state index in [1.807, 2.05) is 6.92 Å². The van der Waals surface area contributed by atoms with Crippen molar-refractivity contribution in [3.05, 3.63) is 6.33 Å². The maximum Gasteiger partial charge on any atom is 0.241 e. The van der Waals surface area contributed by atoms with Gasteiger partial charge in [-0.2, -0.15) is 4.98 Å². The average Bonchev–Trinajstić information content (AvgIpc) is 2.76. The van der Waals surface area contributed by atoms with Crippen LogP contribution in [-0.4, -0.2) is 34.5 Å². The molecule has 0 aromatic carbocycles. The molecule has 100 valence electrons. The number of hydrogen-bond donors (Lipinski definition) is 1. The zero-order valence-electron chi connectivity index (χ0n) is 10.8. The van der Waals surface area contributed by atoms with Gasteiger partial charge < -0.3 is 15.2 Å². The minimum absolute atomic E-state index is 0.240. The molecule has 0 saturated carbocycles. The fraction of sp³-hybridized carbons (Fsp3) is 0.667. The van der Waals surface area contributed by atoms with Crippen LogP contribution in [0.15, 0.2) is 11.4 Å². The third kappa shape index (κ3) is 3.05. The normalized spacial score (nSPS) is 23.2.